The van der Waals surface area contributed by atoms with Gasteiger partial charge in [0.2, 0.25) is 0 Å². The van der Waals surface area contributed by atoms with Gasteiger partial charge >= 0.3 is 5.97 Å². The Hall–Kier alpha value is -1.59. The molecule has 0 radical (unpaired) electrons. The van der Waals surface area contributed by atoms with E-state index in [4.69, 9.17) is 4.74 Å². The van der Waals surface area contributed by atoms with Crippen LogP contribution in [0.1, 0.15) is 22.1 Å². The van der Waals surface area contributed by atoms with E-state index in [0.717, 1.165) is 11.3 Å². The Balaban J connectivity index is 1.48. The van der Waals surface area contributed by atoms with Crippen LogP contribution in [0.25, 0.3) is 0 Å². The van der Waals surface area contributed by atoms with Crippen LogP contribution in [0.5, 0.6) is 5.75 Å². The van der Waals surface area contributed by atoms with Crippen LogP contribution in [-0.2, 0) is 11.2 Å². The average Bonchev–Trinajstić information content (AvgIpc) is 3.15. The first-order valence-electron chi connectivity index (χ1n) is 8.42. The van der Waals surface area contributed by atoms with Crippen LogP contribution in [0.3, 0.4) is 0 Å². The van der Waals surface area contributed by atoms with Gasteiger partial charge in [-0.3, -0.25) is 4.79 Å². The summed E-state index contributed by atoms with van der Waals surface area (Å²) in [5, 5.41) is 0. The summed E-state index contributed by atoms with van der Waals surface area (Å²) in [6.07, 6.45) is 1.08. The van der Waals surface area contributed by atoms with Crippen molar-refractivity contribution in [1.82, 2.24) is 0 Å². The van der Waals surface area contributed by atoms with Crippen molar-refractivity contribution in [2.24, 2.45) is 0 Å². The molecule has 132 valence electrons. The number of carbonyl (C=O) groups excluding carboxylic acids is 1. The molecule has 1 aliphatic heterocycles. The molecule has 1 saturated heterocycles. The van der Waals surface area contributed by atoms with Gasteiger partial charge in [0, 0.05) is 37.7 Å². The van der Waals surface area contributed by atoms with Crippen molar-refractivity contribution >= 4 is 35.2 Å². The van der Waals surface area contributed by atoms with Crippen molar-refractivity contribution in [1.29, 1.82) is 0 Å². The van der Waals surface area contributed by atoms with E-state index in [1.165, 1.54) is 17.1 Å². The maximum Gasteiger partial charge on any atom is 0.311 e. The van der Waals surface area contributed by atoms with Crippen molar-refractivity contribution in [3.05, 3.63) is 59.7 Å². The van der Waals surface area contributed by atoms with Crippen LogP contribution in [0, 0.1) is 0 Å². The second-order valence-corrected chi connectivity index (χ2v) is 8.90. The number of thioether (sulfide) groups is 2. The normalized spacial score (nSPS) is 14.5. The highest BCUT2D eigenvalue weighted by atomic mass is 32.2. The monoisotopic (exact) mass is 373 g/mol. The molecule has 3 nitrogen and oxygen atoms in total. The lowest BCUT2D eigenvalue weighted by molar-refractivity contribution is -0.134. The highest BCUT2D eigenvalue weighted by Crippen LogP contribution is 2.45. The molecule has 5 heteroatoms. The summed E-state index contributed by atoms with van der Waals surface area (Å²) in [5.41, 5.74) is 3.60. The number of anilines is 1. The van der Waals surface area contributed by atoms with E-state index in [1.54, 1.807) is 0 Å². The van der Waals surface area contributed by atoms with Gasteiger partial charge in [0.1, 0.15) is 5.75 Å². The first kappa shape index (κ1) is 18.2. The first-order chi connectivity index (χ1) is 12.1. The number of nitrogens with zero attached hydrogens (tertiary/aromatic N) is 1. The molecular weight excluding hydrogens is 350 g/mol. The Morgan fingerprint density at radius 1 is 1.04 bits per heavy atom. The third-order valence-electron chi connectivity index (χ3n) is 4.08. The molecule has 1 fully saturated rings. The fourth-order valence-electron chi connectivity index (χ4n) is 2.63. The third-order valence-corrected chi connectivity index (χ3v) is 7.18. The zero-order valence-electron chi connectivity index (χ0n) is 14.6. The van der Waals surface area contributed by atoms with Crippen LogP contribution >= 0.6 is 23.5 Å². The molecule has 0 aliphatic carbocycles. The molecule has 0 N–H and O–H groups in total. The van der Waals surface area contributed by atoms with Gasteiger partial charge < -0.3 is 9.64 Å². The SMILES string of the molecule is CN(C)c1ccc(CCC(=O)Oc2ccc(C3SCCS3)cc2)cc1. The molecule has 1 aliphatic rings. The smallest absolute Gasteiger partial charge is 0.311 e. The van der Waals surface area contributed by atoms with E-state index in [2.05, 4.69) is 41.3 Å². The second kappa shape index (κ2) is 8.68. The maximum absolute atomic E-state index is 12.1. The summed E-state index contributed by atoms with van der Waals surface area (Å²) in [5.74, 6) is 2.86. The molecule has 2 aromatic carbocycles. The molecule has 0 bridgehead atoms. The second-order valence-electron chi connectivity index (χ2n) is 6.18. The number of ether oxygens (including phenoxy) is 1. The van der Waals surface area contributed by atoms with Gasteiger partial charge in [0.15, 0.2) is 0 Å². The maximum atomic E-state index is 12.1. The lowest BCUT2D eigenvalue weighted by Crippen LogP contribution is -2.10. The topological polar surface area (TPSA) is 29.5 Å². The quantitative estimate of drug-likeness (QED) is 0.537. The molecule has 0 atom stereocenters. The van der Waals surface area contributed by atoms with E-state index in [-0.39, 0.29) is 5.97 Å². The highest BCUT2D eigenvalue weighted by Gasteiger charge is 2.18. The lowest BCUT2D eigenvalue weighted by Gasteiger charge is -2.12. The van der Waals surface area contributed by atoms with Crippen molar-refractivity contribution in [2.45, 2.75) is 17.4 Å². The van der Waals surface area contributed by atoms with Crippen LogP contribution in [0.2, 0.25) is 0 Å². The standard InChI is InChI=1S/C20H23NO2S2/c1-21(2)17-8-3-15(4-9-17)5-12-19(22)23-18-10-6-16(7-11-18)20-24-13-14-25-20/h3-4,6-11,20H,5,12-14H2,1-2H3. The van der Waals surface area contributed by atoms with Gasteiger partial charge in [-0.15, -0.1) is 23.5 Å². The number of hydrogen-bond acceptors (Lipinski definition) is 5. The average molecular weight is 374 g/mol. The summed E-state index contributed by atoms with van der Waals surface area (Å²) in [4.78, 5) is 14.1. The van der Waals surface area contributed by atoms with E-state index in [9.17, 15) is 4.79 Å². The number of esters is 1. The number of rotatable bonds is 6. The predicted octanol–water partition coefficient (Wildman–Crippen LogP) is 4.77. The van der Waals surface area contributed by atoms with Gasteiger partial charge in [0.05, 0.1) is 4.58 Å². The molecule has 0 unspecified atom stereocenters. The van der Waals surface area contributed by atoms with Crippen LogP contribution in [0.4, 0.5) is 5.69 Å². The van der Waals surface area contributed by atoms with Crippen LogP contribution < -0.4 is 9.64 Å². The molecule has 0 spiro atoms. The minimum Gasteiger partial charge on any atom is -0.427 e. The summed E-state index contributed by atoms with van der Waals surface area (Å²) < 4.78 is 5.98. The Labute approximate surface area is 158 Å². The largest absolute Gasteiger partial charge is 0.427 e. The summed E-state index contributed by atoms with van der Waals surface area (Å²) in [6, 6.07) is 16.2. The summed E-state index contributed by atoms with van der Waals surface area (Å²) in [7, 11) is 4.03. The summed E-state index contributed by atoms with van der Waals surface area (Å²) in [6.45, 7) is 0. The molecule has 25 heavy (non-hydrogen) atoms. The number of hydrogen-bond donors (Lipinski definition) is 0. The number of benzene rings is 2. The minimum absolute atomic E-state index is 0.186. The fourth-order valence-corrected chi connectivity index (χ4v) is 5.49. The zero-order valence-corrected chi connectivity index (χ0v) is 16.2. The Morgan fingerprint density at radius 2 is 1.68 bits per heavy atom. The van der Waals surface area contributed by atoms with E-state index >= 15 is 0 Å². The van der Waals surface area contributed by atoms with Crippen molar-refractivity contribution in [3.8, 4) is 5.75 Å². The van der Waals surface area contributed by atoms with Gasteiger partial charge in [-0.05, 0) is 41.8 Å². The third kappa shape index (κ3) is 5.19. The highest BCUT2D eigenvalue weighted by molar-refractivity contribution is 8.19. The number of aryl methyl sites for hydroxylation is 1. The van der Waals surface area contributed by atoms with Gasteiger partial charge in [0.25, 0.3) is 0 Å². The van der Waals surface area contributed by atoms with Gasteiger partial charge in [-0.25, -0.2) is 0 Å². The molecular formula is C20H23NO2S2. The van der Waals surface area contributed by atoms with Gasteiger partial charge in [-0.2, -0.15) is 0 Å². The zero-order chi connectivity index (χ0) is 17.6. The molecule has 0 amide bonds. The van der Waals surface area contributed by atoms with Crippen molar-refractivity contribution in [3.63, 3.8) is 0 Å². The molecule has 0 aromatic heterocycles. The lowest BCUT2D eigenvalue weighted by atomic mass is 10.1. The molecule has 3 rings (SSSR count). The molecule has 2 aromatic rings. The Bertz CT molecular complexity index is 693. The van der Waals surface area contributed by atoms with E-state index in [0.29, 0.717) is 23.2 Å². The van der Waals surface area contributed by atoms with E-state index < -0.39 is 0 Å². The van der Waals surface area contributed by atoms with E-state index in [1.807, 2.05) is 49.8 Å². The predicted molar refractivity (Wildman–Crippen MR) is 109 cm³/mol. The first-order valence-corrected chi connectivity index (χ1v) is 10.5. The van der Waals surface area contributed by atoms with Crippen molar-refractivity contribution in [2.75, 3.05) is 30.5 Å². The summed E-state index contributed by atoms with van der Waals surface area (Å²) >= 11 is 3.95. The minimum atomic E-state index is -0.186. The Morgan fingerprint density at radius 3 is 2.28 bits per heavy atom. The van der Waals surface area contributed by atoms with Crippen LogP contribution in [-0.4, -0.2) is 31.6 Å². The Kier molecular flexibility index (Phi) is 6.32. The molecule has 1 heterocycles. The number of carbonyl (C=O) groups is 1. The van der Waals surface area contributed by atoms with Gasteiger partial charge in [-0.1, -0.05) is 24.3 Å². The molecule has 0 saturated carbocycles. The van der Waals surface area contributed by atoms with Crippen LogP contribution in [0.15, 0.2) is 48.5 Å². The fraction of sp³-hybridized carbons (Fsp3) is 0.350. The van der Waals surface area contributed by atoms with Crippen molar-refractivity contribution < 1.29 is 9.53 Å².